The van der Waals surface area contributed by atoms with Crippen LogP contribution in [0.25, 0.3) is 0 Å². The van der Waals surface area contributed by atoms with E-state index >= 15 is 0 Å². The van der Waals surface area contributed by atoms with Crippen molar-refractivity contribution in [3.05, 3.63) is 59.9 Å². The van der Waals surface area contributed by atoms with E-state index in [0.717, 1.165) is 11.3 Å². The van der Waals surface area contributed by atoms with E-state index in [0.29, 0.717) is 5.69 Å². The zero-order chi connectivity index (χ0) is 11.2. The third-order valence-corrected chi connectivity index (χ3v) is 3.17. The first-order valence-electron chi connectivity index (χ1n) is 4.91. The number of aromatic nitrogens is 1. The number of hydrogen-bond donors (Lipinski definition) is 0. The van der Waals surface area contributed by atoms with E-state index in [1.807, 2.05) is 36.4 Å². The van der Waals surface area contributed by atoms with Crippen molar-refractivity contribution in [2.24, 2.45) is 0 Å². The number of hydrogen-bond acceptors (Lipinski definition) is 3. The highest BCUT2D eigenvalue weighted by molar-refractivity contribution is 7.98. The molecule has 1 aromatic carbocycles. The third-order valence-electron chi connectivity index (χ3n) is 2.09. The van der Waals surface area contributed by atoms with Crippen LogP contribution < -0.4 is 0 Å². The van der Waals surface area contributed by atoms with Crippen molar-refractivity contribution in [3.63, 3.8) is 0 Å². The van der Waals surface area contributed by atoms with Gasteiger partial charge in [-0.3, -0.25) is 0 Å². The van der Waals surface area contributed by atoms with Crippen molar-refractivity contribution in [2.45, 2.75) is 10.6 Å². The fourth-order valence-corrected chi connectivity index (χ4v) is 2.17. The molecule has 78 valence electrons. The van der Waals surface area contributed by atoms with Gasteiger partial charge in [-0.15, -0.1) is 11.8 Å². The molecule has 0 amide bonds. The molecule has 0 fully saturated rings. The minimum atomic E-state index is 0.478. The van der Waals surface area contributed by atoms with Crippen LogP contribution in [-0.4, -0.2) is 4.98 Å². The molecule has 2 aromatic rings. The highest BCUT2D eigenvalue weighted by Crippen LogP contribution is 2.21. The Labute approximate surface area is 99.0 Å². The summed E-state index contributed by atoms with van der Waals surface area (Å²) >= 11 is 1.76. The molecule has 1 aromatic heterocycles. The summed E-state index contributed by atoms with van der Waals surface area (Å²) in [5, 5.41) is 8.73. The van der Waals surface area contributed by atoms with Crippen molar-refractivity contribution < 1.29 is 0 Å². The van der Waals surface area contributed by atoms with Crippen LogP contribution in [0.5, 0.6) is 0 Å². The minimum Gasteiger partial charge on any atom is -0.246 e. The fraction of sp³-hybridized carbons (Fsp3) is 0.0769. The molecule has 2 rings (SSSR count). The van der Waals surface area contributed by atoms with Gasteiger partial charge in [0.15, 0.2) is 0 Å². The predicted octanol–water partition coefficient (Wildman–Crippen LogP) is 3.25. The standard InChI is InChI=1S/C13H10N2S/c14-9-12-8-11(6-7-15-12)10-16-13-4-2-1-3-5-13/h1-8H,10H2. The lowest BCUT2D eigenvalue weighted by atomic mass is 10.2. The van der Waals surface area contributed by atoms with Crippen LogP contribution >= 0.6 is 11.8 Å². The minimum absolute atomic E-state index is 0.478. The van der Waals surface area contributed by atoms with Crippen LogP contribution in [0.1, 0.15) is 11.3 Å². The van der Waals surface area contributed by atoms with E-state index in [1.54, 1.807) is 18.0 Å². The topological polar surface area (TPSA) is 36.7 Å². The Bertz CT molecular complexity index is 503. The molecule has 0 spiro atoms. The maximum Gasteiger partial charge on any atom is 0.140 e. The average molecular weight is 226 g/mol. The van der Waals surface area contributed by atoms with Gasteiger partial charge in [0.25, 0.3) is 0 Å². The van der Waals surface area contributed by atoms with Gasteiger partial charge in [-0.2, -0.15) is 5.26 Å². The Balaban J connectivity index is 2.03. The van der Waals surface area contributed by atoms with E-state index in [2.05, 4.69) is 17.1 Å². The van der Waals surface area contributed by atoms with Gasteiger partial charge in [-0.05, 0) is 29.8 Å². The van der Waals surface area contributed by atoms with Crippen molar-refractivity contribution in [3.8, 4) is 6.07 Å². The van der Waals surface area contributed by atoms with Crippen LogP contribution in [-0.2, 0) is 5.75 Å². The number of nitriles is 1. The van der Waals surface area contributed by atoms with Gasteiger partial charge in [-0.25, -0.2) is 4.98 Å². The second-order valence-corrected chi connectivity index (χ2v) is 4.31. The SMILES string of the molecule is N#Cc1cc(CSc2ccccc2)ccn1. The predicted molar refractivity (Wildman–Crippen MR) is 65.0 cm³/mol. The van der Waals surface area contributed by atoms with Crippen LogP contribution in [0.15, 0.2) is 53.6 Å². The van der Waals surface area contributed by atoms with Crippen molar-refractivity contribution >= 4 is 11.8 Å². The molecular weight excluding hydrogens is 216 g/mol. The van der Waals surface area contributed by atoms with Crippen LogP contribution in [0.4, 0.5) is 0 Å². The summed E-state index contributed by atoms with van der Waals surface area (Å²) in [6.45, 7) is 0. The lowest BCUT2D eigenvalue weighted by molar-refractivity contribution is 1.22. The molecule has 0 aliphatic carbocycles. The molecule has 0 unspecified atom stereocenters. The third kappa shape index (κ3) is 2.85. The Morgan fingerprint density at radius 2 is 2.00 bits per heavy atom. The zero-order valence-electron chi connectivity index (χ0n) is 8.63. The van der Waals surface area contributed by atoms with E-state index in [1.165, 1.54) is 4.90 Å². The summed E-state index contributed by atoms with van der Waals surface area (Å²) in [4.78, 5) is 5.18. The molecular formula is C13H10N2S. The summed E-state index contributed by atoms with van der Waals surface area (Å²) in [5.41, 5.74) is 1.60. The van der Waals surface area contributed by atoms with Crippen molar-refractivity contribution in [1.29, 1.82) is 5.26 Å². The quantitative estimate of drug-likeness (QED) is 0.754. The lowest BCUT2D eigenvalue weighted by Crippen LogP contribution is -1.86. The first-order valence-corrected chi connectivity index (χ1v) is 5.90. The van der Waals surface area contributed by atoms with Crippen LogP contribution in [0, 0.1) is 11.3 Å². The molecule has 0 saturated heterocycles. The van der Waals surface area contributed by atoms with E-state index in [4.69, 9.17) is 5.26 Å². The van der Waals surface area contributed by atoms with Crippen LogP contribution in [0.3, 0.4) is 0 Å². The molecule has 16 heavy (non-hydrogen) atoms. The zero-order valence-corrected chi connectivity index (χ0v) is 9.45. The maximum atomic E-state index is 8.73. The molecule has 0 radical (unpaired) electrons. The van der Waals surface area contributed by atoms with Gasteiger partial charge in [0.05, 0.1) is 0 Å². The van der Waals surface area contributed by atoms with Crippen molar-refractivity contribution in [2.75, 3.05) is 0 Å². The summed E-state index contributed by atoms with van der Waals surface area (Å²) in [5.74, 6) is 0.862. The van der Waals surface area contributed by atoms with E-state index in [9.17, 15) is 0 Å². The van der Waals surface area contributed by atoms with Gasteiger partial charge in [0.2, 0.25) is 0 Å². The van der Waals surface area contributed by atoms with E-state index < -0.39 is 0 Å². The summed E-state index contributed by atoms with van der Waals surface area (Å²) in [7, 11) is 0. The number of thioether (sulfide) groups is 1. The molecule has 2 nitrogen and oxygen atoms in total. The van der Waals surface area contributed by atoms with Gasteiger partial charge in [0, 0.05) is 16.8 Å². The number of rotatable bonds is 3. The Morgan fingerprint density at radius 3 is 2.75 bits per heavy atom. The second-order valence-electron chi connectivity index (χ2n) is 3.26. The molecule has 1 heterocycles. The molecule has 0 aliphatic heterocycles. The molecule has 0 bridgehead atoms. The molecule has 0 aliphatic rings. The first kappa shape index (κ1) is 10.7. The van der Waals surface area contributed by atoms with E-state index in [-0.39, 0.29) is 0 Å². The number of nitrogens with zero attached hydrogens (tertiary/aromatic N) is 2. The van der Waals surface area contributed by atoms with Gasteiger partial charge in [-0.1, -0.05) is 18.2 Å². The summed E-state index contributed by atoms with van der Waals surface area (Å²) in [6, 6.07) is 16.0. The molecule has 0 atom stereocenters. The number of pyridine rings is 1. The Kier molecular flexibility index (Phi) is 3.58. The molecule has 0 saturated carbocycles. The van der Waals surface area contributed by atoms with Gasteiger partial charge < -0.3 is 0 Å². The average Bonchev–Trinajstić information content (AvgIpc) is 2.38. The van der Waals surface area contributed by atoms with Gasteiger partial charge >= 0.3 is 0 Å². The highest BCUT2D eigenvalue weighted by Gasteiger charge is 1.98. The highest BCUT2D eigenvalue weighted by atomic mass is 32.2. The maximum absolute atomic E-state index is 8.73. The Hall–Kier alpha value is -1.79. The normalized spacial score (nSPS) is 9.69. The lowest BCUT2D eigenvalue weighted by Gasteiger charge is -2.01. The fourth-order valence-electron chi connectivity index (χ4n) is 1.31. The monoisotopic (exact) mass is 226 g/mol. The van der Waals surface area contributed by atoms with Crippen LogP contribution in [0.2, 0.25) is 0 Å². The molecule has 3 heteroatoms. The van der Waals surface area contributed by atoms with Gasteiger partial charge in [0.1, 0.15) is 11.8 Å². The van der Waals surface area contributed by atoms with Crippen molar-refractivity contribution in [1.82, 2.24) is 4.98 Å². The first-order chi connectivity index (χ1) is 7.88. The number of benzene rings is 1. The second kappa shape index (κ2) is 5.34. The summed E-state index contributed by atoms with van der Waals surface area (Å²) < 4.78 is 0. The molecule has 0 N–H and O–H groups in total. The summed E-state index contributed by atoms with van der Waals surface area (Å²) in [6.07, 6.45) is 1.68. The Morgan fingerprint density at radius 1 is 1.19 bits per heavy atom. The largest absolute Gasteiger partial charge is 0.246 e. The smallest absolute Gasteiger partial charge is 0.140 e.